The number of aldehydes is 1. The van der Waals surface area contributed by atoms with Crippen LogP contribution in [0.25, 0.3) is 0 Å². The Morgan fingerprint density at radius 1 is 1.31 bits per heavy atom. The lowest BCUT2D eigenvalue weighted by Crippen LogP contribution is -2.29. The van der Waals surface area contributed by atoms with Crippen LogP contribution in [0.2, 0.25) is 0 Å². The summed E-state index contributed by atoms with van der Waals surface area (Å²) in [7, 11) is 0. The summed E-state index contributed by atoms with van der Waals surface area (Å²) in [6.07, 6.45) is -0.0561. The van der Waals surface area contributed by atoms with Crippen LogP contribution in [0.4, 0.5) is 0 Å². The molecule has 2 saturated heterocycles. The zero-order chi connectivity index (χ0) is 9.64. The summed E-state index contributed by atoms with van der Waals surface area (Å²) in [6, 6.07) is 0. The number of rotatable bonds is 1. The van der Waals surface area contributed by atoms with Crippen LogP contribution < -0.4 is 0 Å². The molecule has 2 heterocycles. The minimum atomic E-state index is -0.586. The highest BCUT2D eigenvalue weighted by atomic mass is 16.8. The first-order chi connectivity index (χ1) is 6.03. The molecule has 13 heavy (non-hydrogen) atoms. The van der Waals surface area contributed by atoms with Crippen LogP contribution in [0.15, 0.2) is 0 Å². The van der Waals surface area contributed by atoms with Crippen LogP contribution in [0.3, 0.4) is 0 Å². The molecule has 4 nitrogen and oxygen atoms in total. The van der Waals surface area contributed by atoms with Crippen molar-refractivity contribution in [3.8, 4) is 0 Å². The van der Waals surface area contributed by atoms with Gasteiger partial charge in [-0.05, 0) is 13.8 Å². The van der Waals surface area contributed by atoms with Gasteiger partial charge < -0.3 is 19.0 Å². The fraction of sp³-hybridized carbons (Fsp3) is 0.889. The fourth-order valence-electron chi connectivity index (χ4n) is 1.84. The average molecular weight is 186 g/mol. The standard InChI is InChI=1S/C9H14O4/c1-5-6(4-10)11-8-7(5)12-9(2,3)13-8/h4-8H,1-3H3/t5?,6-,7+,8-/m1/s1. The van der Waals surface area contributed by atoms with E-state index in [9.17, 15) is 4.79 Å². The molecule has 0 saturated carbocycles. The van der Waals surface area contributed by atoms with Gasteiger partial charge in [0.05, 0.1) is 0 Å². The summed E-state index contributed by atoms with van der Waals surface area (Å²) in [4.78, 5) is 10.6. The van der Waals surface area contributed by atoms with Gasteiger partial charge >= 0.3 is 0 Å². The average Bonchev–Trinajstić information content (AvgIpc) is 2.47. The molecule has 2 rings (SSSR count). The summed E-state index contributed by atoms with van der Waals surface area (Å²) in [6.45, 7) is 5.63. The second kappa shape index (κ2) is 2.77. The maximum absolute atomic E-state index is 10.6. The van der Waals surface area contributed by atoms with Crippen molar-refractivity contribution in [3.05, 3.63) is 0 Å². The van der Waals surface area contributed by atoms with Gasteiger partial charge in [-0.25, -0.2) is 0 Å². The Hall–Kier alpha value is -0.450. The van der Waals surface area contributed by atoms with E-state index in [1.165, 1.54) is 0 Å². The van der Waals surface area contributed by atoms with E-state index in [2.05, 4.69) is 0 Å². The highest BCUT2D eigenvalue weighted by molar-refractivity contribution is 5.57. The molecule has 2 aliphatic rings. The number of hydrogen-bond acceptors (Lipinski definition) is 4. The normalized spacial score (nSPS) is 47.6. The lowest BCUT2D eigenvalue weighted by atomic mass is 10.0. The third kappa shape index (κ3) is 1.39. The van der Waals surface area contributed by atoms with Crippen molar-refractivity contribution < 1.29 is 19.0 Å². The van der Waals surface area contributed by atoms with Crippen LogP contribution in [0.1, 0.15) is 20.8 Å². The summed E-state index contributed by atoms with van der Waals surface area (Å²) < 4.78 is 16.4. The largest absolute Gasteiger partial charge is 0.341 e. The highest BCUT2D eigenvalue weighted by Crippen LogP contribution is 2.39. The van der Waals surface area contributed by atoms with Crippen molar-refractivity contribution >= 4 is 6.29 Å². The third-order valence-electron chi connectivity index (χ3n) is 2.55. The van der Waals surface area contributed by atoms with Crippen LogP contribution >= 0.6 is 0 Å². The first-order valence-corrected chi connectivity index (χ1v) is 4.50. The van der Waals surface area contributed by atoms with Crippen molar-refractivity contribution in [1.82, 2.24) is 0 Å². The monoisotopic (exact) mass is 186 g/mol. The molecule has 0 bridgehead atoms. The van der Waals surface area contributed by atoms with E-state index in [1.54, 1.807) is 0 Å². The predicted molar refractivity (Wildman–Crippen MR) is 43.9 cm³/mol. The van der Waals surface area contributed by atoms with E-state index < -0.39 is 5.79 Å². The summed E-state index contributed by atoms with van der Waals surface area (Å²) in [5.74, 6) is -0.512. The Balaban J connectivity index is 2.11. The Kier molecular flexibility index (Phi) is 1.94. The number of carbonyl (C=O) groups is 1. The smallest absolute Gasteiger partial charge is 0.188 e. The van der Waals surface area contributed by atoms with E-state index in [1.807, 2.05) is 20.8 Å². The molecule has 0 aromatic carbocycles. The van der Waals surface area contributed by atoms with Gasteiger partial charge in [0.25, 0.3) is 0 Å². The molecule has 0 radical (unpaired) electrons. The van der Waals surface area contributed by atoms with Crippen molar-refractivity contribution in [2.45, 2.75) is 45.1 Å². The minimum absolute atomic E-state index is 0.0734. The molecule has 4 atom stereocenters. The Morgan fingerprint density at radius 3 is 2.54 bits per heavy atom. The molecule has 2 fully saturated rings. The quantitative estimate of drug-likeness (QED) is 0.565. The SMILES string of the molecule is CC1[C@@H](C=O)O[C@@H]2OC(C)(C)O[C@@H]12. The van der Waals surface area contributed by atoms with Gasteiger partial charge in [-0.2, -0.15) is 0 Å². The number of carbonyl (C=O) groups excluding carboxylic acids is 1. The molecular weight excluding hydrogens is 172 g/mol. The van der Waals surface area contributed by atoms with Crippen molar-refractivity contribution in [1.29, 1.82) is 0 Å². The molecule has 4 heteroatoms. The maximum atomic E-state index is 10.6. The van der Waals surface area contributed by atoms with E-state index in [-0.39, 0.29) is 24.4 Å². The van der Waals surface area contributed by atoms with Crippen LogP contribution in [0.5, 0.6) is 0 Å². The molecule has 74 valence electrons. The Bertz CT molecular complexity index is 226. The van der Waals surface area contributed by atoms with Crippen molar-refractivity contribution in [2.75, 3.05) is 0 Å². The first-order valence-electron chi connectivity index (χ1n) is 4.50. The predicted octanol–water partition coefficient (Wildman–Crippen LogP) is 0.698. The minimum Gasteiger partial charge on any atom is -0.341 e. The summed E-state index contributed by atoms with van der Waals surface area (Å²) in [5, 5.41) is 0. The zero-order valence-electron chi connectivity index (χ0n) is 8.02. The van der Waals surface area contributed by atoms with E-state index in [4.69, 9.17) is 14.2 Å². The molecule has 1 unspecified atom stereocenters. The molecule has 0 aromatic rings. The second-order valence-electron chi connectivity index (χ2n) is 4.06. The third-order valence-corrected chi connectivity index (χ3v) is 2.55. The number of hydrogen-bond donors (Lipinski definition) is 0. The van der Waals surface area contributed by atoms with Gasteiger partial charge in [0.2, 0.25) is 0 Å². The first kappa shape index (κ1) is 9.12. The molecule has 0 spiro atoms. The van der Waals surface area contributed by atoms with Gasteiger partial charge in [0.15, 0.2) is 12.1 Å². The van der Waals surface area contributed by atoms with Crippen molar-refractivity contribution in [2.24, 2.45) is 5.92 Å². The van der Waals surface area contributed by atoms with Gasteiger partial charge in [-0.3, -0.25) is 0 Å². The van der Waals surface area contributed by atoms with Crippen molar-refractivity contribution in [3.63, 3.8) is 0 Å². The lowest BCUT2D eigenvalue weighted by Gasteiger charge is -2.21. The molecule has 0 aromatic heterocycles. The van der Waals surface area contributed by atoms with Crippen LogP contribution in [-0.2, 0) is 19.0 Å². The second-order valence-corrected chi connectivity index (χ2v) is 4.06. The van der Waals surface area contributed by atoms with Gasteiger partial charge in [-0.15, -0.1) is 0 Å². The molecule has 0 amide bonds. The van der Waals surface area contributed by atoms with Crippen LogP contribution in [-0.4, -0.2) is 30.6 Å². The Labute approximate surface area is 77.1 Å². The topological polar surface area (TPSA) is 44.8 Å². The lowest BCUT2D eigenvalue weighted by molar-refractivity contribution is -0.207. The fourth-order valence-corrected chi connectivity index (χ4v) is 1.84. The van der Waals surface area contributed by atoms with Gasteiger partial charge in [0.1, 0.15) is 18.5 Å². The molecule has 0 aliphatic carbocycles. The highest BCUT2D eigenvalue weighted by Gasteiger charge is 2.52. The number of ether oxygens (including phenoxy) is 3. The number of fused-ring (bicyclic) bond motifs is 1. The Morgan fingerprint density at radius 2 is 2.00 bits per heavy atom. The van der Waals surface area contributed by atoms with E-state index in [0.717, 1.165) is 6.29 Å². The molecular formula is C9H14O4. The van der Waals surface area contributed by atoms with Gasteiger partial charge in [0, 0.05) is 5.92 Å². The van der Waals surface area contributed by atoms with Gasteiger partial charge in [-0.1, -0.05) is 6.92 Å². The molecule has 0 N–H and O–H groups in total. The maximum Gasteiger partial charge on any atom is 0.188 e. The molecule has 2 aliphatic heterocycles. The van der Waals surface area contributed by atoms with E-state index >= 15 is 0 Å². The van der Waals surface area contributed by atoms with E-state index in [0.29, 0.717) is 0 Å². The summed E-state index contributed by atoms with van der Waals surface area (Å²) in [5.41, 5.74) is 0. The van der Waals surface area contributed by atoms with Crippen LogP contribution in [0, 0.1) is 5.92 Å². The summed E-state index contributed by atoms with van der Waals surface area (Å²) >= 11 is 0. The zero-order valence-corrected chi connectivity index (χ0v) is 8.02.